The molecule has 2 aliphatic heterocycles. The van der Waals surface area contributed by atoms with Crippen molar-refractivity contribution >= 4 is 11.9 Å². The van der Waals surface area contributed by atoms with Crippen molar-refractivity contribution in [2.45, 2.75) is 44.0 Å². The van der Waals surface area contributed by atoms with E-state index in [9.17, 15) is 14.4 Å². The van der Waals surface area contributed by atoms with Gasteiger partial charge in [-0.25, -0.2) is 4.79 Å². The van der Waals surface area contributed by atoms with E-state index in [0.29, 0.717) is 6.61 Å². The molecule has 0 N–H and O–H groups in total. The summed E-state index contributed by atoms with van der Waals surface area (Å²) in [4.78, 5) is 39.6. The van der Waals surface area contributed by atoms with Crippen LogP contribution in [-0.4, -0.2) is 53.9 Å². The van der Waals surface area contributed by atoms with Gasteiger partial charge in [-0.1, -0.05) is 0 Å². The van der Waals surface area contributed by atoms with Crippen LogP contribution in [0.25, 0.3) is 0 Å². The van der Waals surface area contributed by atoms with Gasteiger partial charge in [-0.15, -0.1) is 0 Å². The standard InChI is InChI=1S/C17H20N2O6/c1-9-8-25-17-6-4-5-11(17)18-7-10(16(22)24-3)13(20)14(23-2)12(18)15(21)19(9)17/h7,9,11H,4-6,8H2,1-3H3/t9-,11+,17+/m0/s1. The van der Waals surface area contributed by atoms with Gasteiger partial charge in [0, 0.05) is 6.20 Å². The normalized spacial score (nSPS) is 29.9. The van der Waals surface area contributed by atoms with Crippen LogP contribution in [0.4, 0.5) is 0 Å². The molecule has 0 unspecified atom stereocenters. The third-order valence-electron chi connectivity index (χ3n) is 5.52. The van der Waals surface area contributed by atoms with Gasteiger partial charge in [0.1, 0.15) is 5.56 Å². The van der Waals surface area contributed by atoms with Gasteiger partial charge in [0.15, 0.2) is 17.2 Å². The van der Waals surface area contributed by atoms with Crippen LogP contribution in [0.1, 0.15) is 53.1 Å². The van der Waals surface area contributed by atoms with Gasteiger partial charge >= 0.3 is 5.97 Å². The van der Waals surface area contributed by atoms with E-state index in [1.807, 2.05) is 6.92 Å². The number of hydrogen-bond acceptors (Lipinski definition) is 6. The third-order valence-corrected chi connectivity index (χ3v) is 5.52. The molecule has 1 saturated carbocycles. The van der Waals surface area contributed by atoms with Crippen molar-refractivity contribution in [3.63, 3.8) is 0 Å². The van der Waals surface area contributed by atoms with E-state index in [2.05, 4.69) is 0 Å². The summed E-state index contributed by atoms with van der Waals surface area (Å²) in [5.41, 5.74) is -1.30. The summed E-state index contributed by atoms with van der Waals surface area (Å²) in [6.45, 7) is 2.39. The van der Waals surface area contributed by atoms with Crippen molar-refractivity contribution in [3.8, 4) is 5.75 Å². The molecule has 1 aromatic heterocycles. The predicted octanol–water partition coefficient (Wildman–Crippen LogP) is 0.939. The van der Waals surface area contributed by atoms with Crippen molar-refractivity contribution in [2.24, 2.45) is 0 Å². The average molecular weight is 348 g/mol. The lowest BCUT2D eigenvalue weighted by molar-refractivity contribution is -0.101. The fraction of sp³-hybridized carbons (Fsp3) is 0.588. The number of rotatable bonds is 2. The number of ether oxygens (including phenoxy) is 3. The summed E-state index contributed by atoms with van der Waals surface area (Å²) in [5, 5.41) is 0. The molecule has 25 heavy (non-hydrogen) atoms. The highest BCUT2D eigenvalue weighted by molar-refractivity contribution is 5.99. The lowest BCUT2D eigenvalue weighted by Gasteiger charge is -2.45. The molecule has 4 rings (SSSR count). The summed E-state index contributed by atoms with van der Waals surface area (Å²) in [6, 6.07) is -0.245. The number of carbonyl (C=O) groups excluding carboxylic acids is 2. The first-order valence-corrected chi connectivity index (χ1v) is 8.35. The maximum Gasteiger partial charge on any atom is 0.343 e. The molecule has 3 aliphatic rings. The van der Waals surface area contributed by atoms with Crippen molar-refractivity contribution in [1.82, 2.24) is 9.47 Å². The van der Waals surface area contributed by atoms with E-state index in [1.165, 1.54) is 20.4 Å². The van der Waals surface area contributed by atoms with Crippen LogP contribution in [0, 0.1) is 0 Å². The molecule has 1 aromatic rings. The van der Waals surface area contributed by atoms with Gasteiger partial charge in [-0.3, -0.25) is 9.59 Å². The highest BCUT2D eigenvalue weighted by atomic mass is 16.5. The molecule has 0 bridgehead atoms. The number of hydrogen-bond donors (Lipinski definition) is 0. The van der Waals surface area contributed by atoms with Crippen molar-refractivity contribution < 1.29 is 23.8 Å². The fourth-order valence-electron chi connectivity index (χ4n) is 4.52. The summed E-state index contributed by atoms with van der Waals surface area (Å²) in [7, 11) is 2.54. The molecule has 134 valence electrons. The van der Waals surface area contributed by atoms with Gasteiger partial charge in [-0.2, -0.15) is 0 Å². The molecule has 3 heterocycles. The summed E-state index contributed by atoms with van der Waals surface area (Å²) >= 11 is 0. The van der Waals surface area contributed by atoms with Gasteiger partial charge in [0.2, 0.25) is 5.43 Å². The lowest BCUT2D eigenvalue weighted by Crippen LogP contribution is -2.58. The first-order chi connectivity index (χ1) is 12.0. The molecule has 8 nitrogen and oxygen atoms in total. The zero-order valence-corrected chi connectivity index (χ0v) is 14.4. The number of fused-ring (bicyclic) bond motifs is 2. The maximum atomic E-state index is 13.2. The zero-order valence-electron chi connectivity index (χ0n) is 14.4. The Morgan fingerprint density at radius 1 is 1.36 bits per heavy atom. The minimum absolute atomic E-state index is 0.0815. The number of carbonyl (C=O) groups is 2. The van der Waals surface area contributed by atoms with Crippen LogP contribution >= 0.6 is 0 Å². The Morgan fingerprint density at radius 2 is 2.12 bits per heavy atom. The molecule has 1 saturated heterocycles. The molecule has 2 fully saturated rings. The minimum Gasteiger partial charge on any atom is -0.491 e. The quantitative estimate of drug-likeness (QED) is 0.739. The summed E-state index contributed by atoms with van der Waals surface area (Å²) in [6.07, 6.45) is 3.83. The number of aromatic nitrogens is 1. The molecule has 1 aliphatic carbocycles. The van der Waals surface area contributed by atoms with E-state index >= 15 is 0 Å². The highest BCUT2D eigenvalue weighted by Crippen LogP contribution is 2.52. The molecule has 3 atom stereocenters. The van der Waals surface area contributed by atoms with Crippen LogP contribution in [0.2, 0.25) is 0 Å². The summed E-state index contributed by atoms with van der Waals surface area (Å²) in [5.74, 6) is -1.16. The molecule has 0 aromatic carbocycles. The SMILES string of the molecule is COC(=O)c1cn2c(c(OC)c1=O)C(=O)N1[C@@H](C)CO[C@@]13CCC[C@@H]23. The Balaban J connectivity index is 2.02. The second-order valence-corrected chi connectivity index (χ2v) is 6.74. The minimum atomic E-state index is -0.749. The Morgan fingerprint density at radius 3 is 2.80 bits per heavy atom. The van der Waals surface area contributed by atoms with Crippen LogP contribution < -0.4 is 10.2 Å². The first kappa shape index (κ1) is 16.1. The fourth-order valence-corrected chi connectivity index (χ4v) is 4.52. The lowest BCUT2D eigenvalue weighted by atomic mass is 9.98. The van der Waals surface area contributed by atoms with Crippen molar-refractivity contribution in [3.05, 3.63) is 27.7 Å². The van der Waals surface area contributed by atoms with E-state index < -0.39 is 17.1 Å². The Bertz CT molecular complexity index is 831. The second-order valence-electron chi connectivity index (χ2n) is 6.74. The Labute approximate surface area is 144 Å². The van der Waals surface area contributed by atoms with Crippen molar-refractivity contribution in [1.29, 1.82) is 0 Å². The van der Waals surface area contributed by atoms with Crippen molar-refractivity contribution in [2.75, 3.05) is 20.8 Å². The summed E-state index contributed by atoms with van der Waals surface area (Å²) < 4.78 is 17.7. The number of esters is 1. The van der Waals surface area contributed by atoms with Gasteiger partial charge in [-0.05, 0) is 26.2 Å². The smallest absolute Gasteiger partial charge is 0.343 e. The second kappa shape index (κ2) is 5.32. The van der Waals surface area contributed by atoms with Gasteiger partial charge in [0.25, 0.3) is 5.91 Å². The number of methoxy groups -OCH3 is 2. The third kappa shape index (κ3) is 1.88. The number of pyridine rings is 1. The largest absolute Gasteiger partial charge is 0.491 e. The predicted molar refractivity (Wildman–Crippen MR) is 85.8 cm³/mol. The van der Waals surface area contributed by atoms with E-state index in [-0.39, 0.29) is 35.0 Å². The van der Waals surface area contributed by atoms with Gasteiger partial charge in [0.05, 0.1) is 32.9 Å². The van der Waals surface area contributed by atoms with E-state index in [4.69, 9.17) is 14.2 Å². The van der Waals surface area contributed by atoms with Crippen LogP contribution in [-0.2, 0) is 9.47 Å². The maximum absolute atomic E-state index is 13.2. The topological polar surface area (TPSA) is 87.1 Å². The molecule has 8 heteroatoms. The number of amides is 1. The van der Waals surface area contributed by atoms with E-state index in [0.717, 1.165) is 19.3 Å². The van der Waals surface area contributed by atoms with Crippen LogP contribution in [0.3, 0.4) is 0 Å². The van der Waals surface area contributed by atoms with Gasteiger partial charge < -0.3 is 23.7 Å². The molecular weight excluding hydrogens is 328 g/mol. The highest BCUT2D eigenvalue weighted by Gasteiger charge is 2.60. The first-order valence-electron chi connectivity index (χ1n) is 8.35. The van der Waals surface area contributed by atoms with E-state index in [1.54, 1.807) is 9.47 Å². The molecule has 1 spiro atoms. The van der Waals surface area contributed by atoms with Crippen LogP contribution in [0.5, 0.6) is 5.75 Å². The molecule has 0 radical (unpaired) electrons. The molecule has 1 amide bonds. The number of nitrogens with zero attached hydrogens (tertiary/aromatic N) is 2. The Kier molecular flexibility index (Phi) is 3.44. The monoisotopic (exact) mass is 348 g/mol. The average Bonchev–Trinajstić information content (AvgIpc) is 3.18. The Hall–Kier alpha value is -2.35. The zero-order chi connectivity index (χ0) is 17.9. The molecular formula is C17H20N2O6. The van der Waals surface area contributed by atoms with Crippen LogP contribution in [0.15, 0.2) is 11.0 Å².